The van der Waals surface area contributed by atoms with E-state index in [0.717, 1.165) is 13.1 Å². The second-order valence-electron chi connectivity index (χ2n) is 2.44. The average Bonchev–Trinajstić information content (AvgIpc) is 2.18. The topological polar surface area (TPSA) is 23.5 Å². The fraction of sp³-hybridized carbons (Fsp3) is 0.400. The second-order valence-corrected chi connectivity index (χ2v) is 3.36. The van der Waals surface area contributed by atoms with Crippen molar-refractivity contribution in [3.63, 3.8) is 0 Å². The first-order chi connectivity index (χ1) is 6.85. The minimum atomic E-state index is 0.164. The van der Waals surface area contributed by atoms with Crippen LogP contribution in [0.15, 0.2) is 33.6 Å². The molecule has 2 nitrogen and oxygen atoms in total. The Balaban J connectivity index is 4.01. The Hall–Kier alpha value is -0.0800. The number of hydrogen-bond donors (Lipinski definition) is 1. The first kappa shape index (κ1) is 13.9. The van der Waals surface area contributed by atoms with Gasteiger partial charge in [-0.1, -0.05) is 31.9 Å². The molecule has 0 bridgehead atoms. The summed E-state index contributed by atoms with van der Waals surface area (Å²) in [4.78, 5) is 5.43. The van der Waals surface area contributed by atoms with Gasteiger partial charge >= 0.3 is 0 Å². The molecule has 0 aromatic rings. The predicted molar refractivity (Wildman–Crippen MR) is 66.7 cm³/mol. The second kappa shape index (κ2) is 11.0. The smallest absolute Gasteiger partial charge is 0.0558 e. The Kier molecular flexibility index (Phi) is 10.9. The van der Waals surface area contributed by atoms with E-state index >= 15 is 0 Å². The van der Waals surface area contributed by atoms with E-state index in [0.29, 0.717) is 6.54 Å². The van der Waals surface area contributed by atoms with Gasteiger partial charge in [0.25, 0.3) is 0 Å². The SMILES string of the molecule is OCCN(CC=C=CBr)CC=C=CBr. The van der Waals surface area contributed by atoms with Gasteiger partial charge in [-0.2, -0.15) is 0 Å². The number of halogens is 2. The van der Waals surface area contributed by atoms with E-state index in [9.17, 15) is 0 Å². The Morgan fingerprint density at radius 1 is 1.07 bits per heavy atom. The van der Waals surface area contributed by atoms with Gasteiger partial charge in [0.1, 0.15) is 0 Å². The molecule has 0 saturated carbocycles. The van der Waals surface area contributed by atoms with Crippen LogP contribution >= 0.6 is 31.9 Å². The highest BCUT2D eigenvalue weighted by Crippen LogP contribution is 1.90. The van der Waals surface area contributed by atoms with E-state index < -0.39 is 0 Å². The van der Waals surface area contributed by atoms with Crippen molar-refractivity contribution in [3.05, 3.63) is 33.6 Å². The molecule has 0 atom stereocenters. The molecule has 1 N–H and O–H groups in total. The van der Waals surface area contributed by atoms with E-state index in [1.807, 2.05) is 12.2 Å². The Morgan fingerprint density at radius 3 is 1.93 bits per heavy atom. The van der Waals surface area contributed by atoms with Gasteiger partial charge in [-0.25, -0.2) is 0 Å². The van der Waals surface area contributed by atoms with E-state index in [1.54, 1.807) is 9.97 Å². The zero-order valence-electron chi connectivity index (χ0n) is 7.79. The van der Waals surface area contributed by atoms with Gasteiger partial charge < -0.3 is 5.11 Å². The minimum Gasteiger partial charge on any atom is -0.395 e. The first-order valence-corrected chi connectivity index (χ1v) is 6.00. The van der Waals surface area contributed by atoms with Gasteiger partial charge in [-0.05, 0) is 12.2 Å². The van der Waals surface area contributed by atoms with Gasteiger partial charge in [0.15, 0.2) is 0 Å². The van der Waals surface area contributed by atoms with Crippen LogP contribution in [0.5, 0.6) is 0 Å². The lowest BCUT2D eigenvalue weighted by atomic mass is 10.4. The van der Waals surface area contributed by atoms with Crippen LogP contribution in [0, 0.1) is 0 Å². The van der Waals surface area contributed by atoms with Crippen LogP contribution in [-0.2, 0) is 0 Å². The van der Waals surface area contributed by atoms with Crippen molar-refractivity contribution in [2.45, 2.75) is 0 Å². The zero-order chi connectivity index (χ0) is 10.6. The summed E-state index contributed by atoms with van der Waals surface area (Å²) in [5, 5.41) is 8.81. The third kappa shape index (κ3) is 8.52. The number of aliphatic hydroxyl groups is 1. The van der Waals surface area contributed by atoms with Crippen LogP contribution < -0.4 is 0 Å². The van der Waals surface area contributed by atoms with Crippen molar-refractivity contribution >= 4 is 31.9 Å². The van der Waals surface area contributed by atoms with Gasteiger partial charge in [-0.3, -0.25) is 4.90 Å². The summed E-state index contributed by atoms with van der Waals surface area (Å²) in [5.74, 6) is 0. The van der Waals surface area contributed by atoms with E-state index in [-0.39, 0.29) is 6.61 Å². The van der Waals surface area contributed by atoms with Gasteiger partial charge in [0, 0.05) is 29.6 Å². The van der Waals surface area contributed by atoms with Crippen LogP contribution in [0.1, 0.15) is 0 Å². The molecule has 0 fully saturated rings. The summed E-state index contributed by atoms with van der Waals surface area (Å²) < 4.78 is 0. The summed E-state index contributed by atoms with van der Waals surface area (Å²) in [7, 11) is 0. The fourth-order valence-corrected chi connectivity index (χ4v) is 1.23. The monoisotopic (exact) mass is 321 g/mol. The molecule has 0 radical (unpaired) electrons. The maximum atomic E-state index is 8.81. The van der Waals surface area contributed by atoms with Crippen molar-refractivity contribution in [3.8, 4) is 0 Å². The van der Waals surface area contributed by atoms with Crippen LogP contribution in [-0.4, -0.2) is 36.2 Å². The zero-order valence-corrected chi connectivity index (χ0v) is 11.0. The summed E-state index contributed by atoms with van der Waals surface area (Å²) >= 11 is 6.27. The predicted octanol–water partition coefficient (Wildman–Crippen LogP) is 2.41. The van der Waals surface area contributed by atoms with E-state index in [1.165, 1.54) is 0 Å². The lowest BCUT2D eigenvalue weighted by Crippen LogP contribution is -2.27. The number of hydrogen-bond acceptors (Lipinski definition) is 2. The van der Waals surface area contributed by atoms with Crippen LogP contribution in [0.3, 0.4) is 0 Å². The van der Waals surface area contributed by atoms with Crippen molar-refractivity contribution in [1.29, 1.82) is 0 Å². The Labute approximate surface area is 102 Å². The molecule has 0 aliphatic rings. The highest BCUT2D eigenvalue weighted by atomic mass is 79.9. The lowest BCUT2D eigenvalue weighted by molar-refractivity contribution is 0.220. The summed E-state index contributed by atoms with van der Waals surface area (Å²) in [6.07, 6.45) is 3.80. The molecule has 0 aliphatic carbocycles. The summed E-state index contributed by atoms with van der Waals surface area (Å²) in [6.45, 7) is 2.35. The van der Waals surface area contributed by atoms with Gasteiger partial charge in [0.05, 0.1) is 6.61 Å². The van der Waals surface area contributed by atoms with Crippen molar-refractivity contribution < 1.29 is 5.11 Å². The molecule has 0 spiro atoms. The maximum absolute atomic E-state index is 8.81. The molecule has 14 heavy (non-hydrogen) atoms. The molecule has 0 aromatic carbocycles. The number of aliphatic hydroxyl groups excluding tert-OH is 1. The quantitative estimate of drug-likeness (QED) is 0.759. The average molecular weight is 323 g/mol. The standard InChI is InChI=1S/C10H13Br2NO/c11-5-1-3-7-13(9-10-14)8-4-2-6-12/h3-6,14H,7-10H2. The normalized spacial score (nSPS) is 8.86. The number of rotatable bonds is 6. The molecule has 0 saturated heterocycles. The van der Waals surface area contributed by atoms with Crippen LogP contribution in [0.4, 0.5) is 0 Å². The fourth-order valence-electron chi connectivity index (χ4n) is 0.851. The molecule has 78 valence electrons. The Bertz CT molecular complexity index is 227. The third-order valence-electron chi connectivity index (χ3n) is 1.48. The largest absolute Gasteiger partial charge is 0.395 e. The van der Waals surface area contributed by atoms with Crippen molar-refractivity contribution in [2.75, 3.05) is 26.2 Å². The molecular weight excluding hydrogens is 310 g/mol. The van der Waals surface area contributed by atoms with Crippen LogP contribution in [0.2, 0.25) is 0 Å². The van der Waals surface area contributed by atoms with E-state index in [2.05, 4.69) is 48.2 Å². The molecule has 0 aromatic heterocycles. The highest BCUT2D eigenvalue weighted by molar-refractivity contribution is 9.11. The molecule has 0 rings (SSSR count). The highest BCUT2D eigenvalue weighted by Gasteiger charge is 1.97. The number of nitrogens with zero attached hydrogens (tertiary/aromatic N) is 1. The molecule has 4 heteroatoms. The molecule has 0 aliphatic heterocycles. The molecule has 0 heterocycles. The summed E-state index contributed by atoms with van der Waals surface area (Å²) in [6, 6.07) is 0. The molecule has 0 amide bonds. The lowest BCUT2D eigenvalue weighted by Gasteiger charge is -2.15. The maximum Gasteiger partial charge on any atom is 0.0558 e. The third-order valence-corrected chi connectivity index (χ3v) is 2.01. The van der Waals surface area contributed by atoms with E-state index in [4.69, 9.17) is 5.11 Å². The molecule has 0 unspecified atom stereocenters. The van der Waals surface area contributed by atoms with Gasteiger partial charge in [-0.15, -0.1) is 11.5 Å². The minimum absolute atomic E-state index is 0.164. The first-order valence-electron chi connectivity index (χ1n) is 4.17. The Morgan fingerprint density at radius 2 is 1.57 bits per heavy atom. The summed E-state index contributed by atoms with van der Waals surface area (Å²) in [5.41, 5.74) is 5.84. The van der Waals surface area contributed by atoms with Gasteiger partial charge in [0.2, 0.25) is 0 Å². The van der Waals surface area contributed by atoms with Crippen molar-refractivity contribution in [2.24, 2.45) is 0 Å². The molecular formula is C10H13Br2NO. The van der Waals surface area contributed by atoms with Crippen LogP contribution in [0.25, 0.3) is 0 Å². The van der Waals surface area contributed by atoms with Crippen molar-refractivity contribution in [1.82, 2.24) is 4.90 Å².